The van der Waals surface area contributed by atoms with Crippen LogP contribution in [0.15, 0.2) is 53.4 Å². The maximum absolute atomic E-state index is 13.5. The smallest absolute Gasteiger partial charge is 0.355 e. The number of aromatic amines is 1. The first-order valence-electron chi connectivity index (χ1n) is 9.60. The van der Waals surface area contributed by atoms with Gasteiger partial charge in [0.2, 0.25) is 5.88 Å². The summed E-state index contributed by atoms with van der Waals surface area (Å²) in [6.07, 6.45) is -0.427. The summed E-state index contributed by atoms with van der Waals surface area (Å²) in [5, 5.41) is 6.90. The minimum atomic E-state index is -3.39. The molecule has 8 nitrogen and oxygen atoms in total. The Kier molecular flexibility index (Phi) is 6.73. The third-order valence-electron chi connectivity index (χ3n) is 4.54. The summed E-state index contributed by atoms with van der Waals surface area (Å²) in [4.78, 5) is 24.3. The van der Waals surface area contributed by atoms with Crippen LogP contribution < -0.4 is 4.74 Å². The fourth-order valence-electron chi connectivity index (χ4n) is 3.00. The predicted molar refractivity (Wildman–Crippen MR) is 114 cm³/mol. The lowest BCUT2D eigenvalue weighted by Gasteiger charge is -2.15. The number of carbonyl (C=O) groups excluding carboxylic acids is 2. The van der Waals surface area contributed by atoms with E-state index < -0.39 is 33.5 Å². The van der Waals surface area contributed by atoms with Gasteiger partial charge in [0.25, 0.3) is 6.10 Å². The molecule has 0 radical (unpaired) electrons. The Morgan fingerprint density at radius 3 is 2.19 bits per heavy atom. The van der Waals surface area contributed by atoms with Crippen molar-refractivity contribution < 1.29 is 31.9 Å². The summed E-state index contributed by atoms with van der Waals surface area (Å²) >= 11 is 0. The van der Waals surface area contributed by atoms with Crippen LogP contribution in [-0.2, 0) is 24.2 Å². The van der Waals surface area contributed by atoms with Crippen LogP contribution in [0.1, 0.15) is 13.8 Å². The largest absolute Gasteiger partial charge is 0.463 e. The number of aromatic nitrogens is 2. The van der Waals surface area contributed by atoms with Crippen LogP contribution >= 0.6 is 0 Å². The van der Waals surface area contributed by atoms with Crippen molar-refractivity contribution in [3.8, 4) is 28.3 Å². The second kappa shape index (κ2) is 9.31. The number of ether oxygens (including phenoxy) is 2. The van der Waals surface area contributed by atoms with Crippen LogP contribution in [0.3, 0.4) is 0 Å². The lowest BCUT2D eigenvalue weighted by atomic mass is 10.0. The third-order valence-corrected chi connectivity index (χ3v) is 5.67. The maximum Gasteiger partial charge on any atom is 0.355 e. The molecule has 0 aliphatic carbocycles. The zero-order valence-corrected chi connectivity index (χ0v) is 18.4. The molecule has 2 aromatic carbocycles. The van der Waals surface area contributed by atoms with Gasteiger partial charge in [0.05, 0.1) is 22.8 Å². The van der Waals surface area contributed by atoms with E-state index in [4.69, 9.17) is 9.47 Å². The number of hydrogen-bond acceptors (Lipinski definition) is 7. The molecule has 10 heteroatoms. The third kappa shape index (κ3) is 5.02. The number of hydrogen-bond donors (Lipinski definition) is 1. The van der Waals surface area contributed by atoms with Gasteiger partial charge < -0.3 is 9.47 Å². The summed E-state index contributed by atoms with van der Waals surface area (Å²) in [5.74, 6) is -1.94. The summed E-state index contributed by atoms with van der Waals surface area (Å²) in [6.45, 7) is 2.86. The molecule has 3 aromatic rings. The van der Waals surface area contributed by atoms with Gasteiger partial charge in [-0.1, -0.05) is 24.3 Å². The van der Waals surface area contributed by atoms with Gasteiger partial charge in [0.1, 0.15) is 5.82 Å². The molecule has 0 amide bonds. The molecule has 1 aromatic heterocycles. The molecule has 1 unspecified atom stereocenters. The number of ketones is 1. The second-order valence-electron chi connectivity index (χ2n) is 6.94. The fourth-order valence-corrected chi connectivity index (χ4v) is 3.63. The van der Waals surface area contributed by atoms with Gasteiger partial charge >= 0.3 is 5.97 Å². The topological polar surface area (TPSA) is 115 Å². The maximum atomic E-state index is 13.5. The summed E-state index contributed by atoms with van der Waals surface area (Å²) < 4.78 is 47.5. The van der Waals surface area contributed by atoms with Crippen molar-refractivity contribution >= 4 is 21.6 Å². The van der Waals surface area contributed by atoms with Crippen LogP contribution in [0.2, 0.25) is 0 Å². The lowest BCUT2D eigenvalue weighted by molar-refractivity contribution is -0.155. The van der Waals surface area contributed by atoms with Crippen molar-refractivity contribution in [2.24, 2.45) is 0 Å². The van der Waals surface area contributed by atoms with E-state index in [0.29, 0.717) is 22.4 Å². The number of H-pyrrole nitrogens is 1. The van der Waals surface area contributed by atoms with Gasteiger partial charge in [0, 0.05) is 11.8 Å². The number of carbonyl (C=O) groups is 2. The van der Waals surface area contributed by atoms with Gasteiger partial charge in [-0.3, -0.25) is 9.89 Å². The average molecular weight is 460 g/mol. The number of Topliss-reactive ketones (excluding diaryl/α,β-unsaturated/α-hetero) is 1. The standard InChI is InChI=1S/C22H21FN2O6S/c1-4-30-22(27)20(13(2)26)31-21-18(14-5-9-16(23)10-6-14)19(24-25-21)15-7-11-17(12-8-15)32(3,28)29/h5-12,20H,4H2,1-3H3,(H,24,25). The highest BCUT2D eigenvalue weighted by Crippen LogP contribution is 2.38. The Labute approximate surface area is 184 Å². The fraction of sp³-hybridized carbons (Fsp3) is 0.227. The molecule has 0 fully saturated rings. The van der Waals surface area contributed by atoms with Gasteiger partial charge in [-0.25, -0.2) is 17.6 Å². The second-order valence-corrected chi connectivity index (χ2v) is 8.96. The van der Waals surface area contributed by atoms with Gasteiger partial charge in [0.15, 0.2) is 15.6 Å². The van der Waals surface area contributed by atoms with Crippen LogP contribution in [-0.4, -0.2) is 49.3 Å². The number of esters is 1. The molecular weight excluding hydrogens is 439 g/mol. The first-order valence-corrected chi connectivity index (χ1v) is 11.5. The molecule has 1 atom stereocenters. The first-order chi connectivity index (χ1) is 15.1. The van der Waals surface area contributed by atoms with Crippen LogP contribution in [0.5, 0.6) is 5.88 Å². The molecule has 32 heavy (non-hydrogen) atoms. The highest BCUT2D eigenvalue weighted by atomic mass is 32.2. The van der Waals surface area contributed by atoms with Gasteiger partial charge in [-0.2, -0.15) is 0 Å². The minimum absolute atomic E-state index is 0.0629. The van der Waals surface area contributed by atoms with E-state index >= 15 is 0 Å². The lowest BCUT2D eigenvalue weighted by Crippen LogP contribution is -2.36. The van der Waals surface area contributed by atoms with E-state index in [0.717, 1.165) is 6.26 Å². The predicted octanol–water partition coefficient (Wildman–Crippen LogP) is 3.19. The normalized spacial score (nSPS) is 12.2. The van der Waals surface area contributed by atoms with E-state index in [1.165, 1.54) is 43.3 Å². The number of rotatable bonds is 8. The Balaban J connectivity index is 2.11. The van der Waals surface area contributed by atoms with E-state index in [9.17, 15) is 22.4 Å². The number of nitrogens with zero attached hydrogens (tertiary/aromatic N) is 1. The monoisotopic (exact) mass is 460 g/mol. The molecule has 0 aliphatic heterocycles. The molecule has 0 bridgehead atoms. The Bertz CT molecular complexity index is 1230. The molecule has 3 rings (SSSR count). The van der Waals surface area contributed by atoms with E-state index in [1.54, 1.807) is 19.1 Å². The van der Waals surface area contributed by atoms with Crippen molar-refractivity contribution in [2.75, 3.05) is 12.9 Å². The van der Waals surface area contributed by atoms with Gasteiger partial charge in [-0.15, -0.1) is 5.10 Å². The van der Waals surface area contributed by atoms with E-state index in [-0.39, 0.29) is 17.4 Å². The number of sulfone groups is 1. The number of benzene rings is 2. The highest BCUT2D eigenvalue weighted by Gasteiger charge is 2.30. The zero-order valence-electron chi connectivity index (χ0n) is 17.6. The number of halogens is 1. The van der Waals surface area contributed by atoms with Crippen molar-refractivity contribution in [3.63, 3.8) is 0 Å². The SMILES string of the molecule is CCOC(=O)C(Oc1n[nH]c(-c2ccc(S(C)(=O)=O)cc2)c1-c1ccc(F)cc1)C(C)=O. The summed E-state index contributed by atoms with van der Waals surface area (Å²) in [6, 6.07) is 11.5. The van der Waals surface area contributed by atoms with Crippen molar-refractivity contribution in [2.45, 2.75) is 24.8 Å². The van der Waals surface area contributed by atoms with Crippen molar-refractivity contribution in [1.82, 2.24) is 10.2 Å². The summed E-state index contributed by atoms with van der Waals surface area (Å²) in [7, 11) is -3.39. The average Bonchev–Trinajstić information content (AvgIpc) is 3.15. The van der Waals surface area contributed by atoms with Crippen molar-refractivity contribution in [1.29, 1.82) is 0 Å². The zero-order chi connectivity index (χ0) is 23.5. The molecule has 0 spiro atoms. The molecule has 0 aliphatic rings. The number of nitrogens with one attached hydrogen (secondary N) is 1. The molecule has 1 N–H and O–H groups in total. The molecular formula is C22H21FN2O6S. The van der Waals surface area contributed by atoms with E-state index in [1.807, 2.05) is 0 Å². The molecule has 1 heterocycles. The van der Waals surface area contributed by atoms with Gasteiger partial charge in [-0.05, 0) is 43.7 Å². The summed E-state index contributed by atoms with van der Waals surface area (Å²) in [5.41, 5.74) is 1.86. The Hall–Kier alpha value is -3.53. The van der Waals surface area contributed by atoms with Crippen LogP contribution in [0.4, 0.5) is 4.39 Å². The molecule has 0 saturated heterocycles. The Morgan fingerprint density at radius 2 is 1.66 bits per heavy atom. The quantitative estimate of drug-likeness (QED) is 0.405. The van der Waals surface area contributed by atoms with Crippen LogP contribution in [0.25, 0.3) is 22.4 Å². The molecule has 0 saturated carbocycles. The Morgan fingerprint density at radius 1 is 1.06 bits per heavy atom. The minimum Gasteiger partial charge on any atom is -0.463 e. The molecule has 168 valence electrons. The first kappa shape index (κ1) is 23.1. The van der Waals surface area contributed by atoms with Crippen LogP contribution in [0, 0.1) is 5.82 Å². The van der Waals surface area contributed by atoms with Crippen molar-refractivity contribution in [3.05, 3.63) is 54.3 Å². The highest BCUT2D eigenvalue weighted by molar-refractivity contribution is 7.90. The van der Waals surface area contributed by atoms with E-state index in [2.05, 4.69) is 10.2 Å².